The average molecular weight is 256 g/mol. The van der Waals surface area contributed by atoms with Gasteiger partial charge < -0.3 is 10.1 Å². The molecule has 0 atom stereocenters. The molecule has 0 aliphatic carbocycles. The van der Waals surface area contributed by atoms with Crippen molar-refractivity contribution in [3.63, 3.8) is 0 Å². The summed E-state index contributed by atoms with van der Waals surface area (Å²) in [5.41, 5.74) is 0.674. The van der Waals surface area contributed by atoms with Crippen molar-refractivity contribution in [2.45, 2.75) is 6.42 Å². The van der Waals surface area contributed by atoms with Crippen molar-refractivity contribution >= 4 is 5.91 Å². The number of benzene rings is 1. The number of amides is 1. The first-order valence-electron chi connectivity index (χ1n) is 6.23. The Labute approximate surface area is 112 Å². The summed E-state index contributed by atoms with van der Waals surface area (Å²) in [5.74, 6) is 0.551. The van der Waals surface area contributed by atoms with Crippen LogP contribution >= 0.6 is 0 Å². The zero-order chi connectivity index (χ0) is 13.3. The molecule has 1 heterocycles. The van der Waals surface area contributed by atoms with Crippen molar-refractivity contribution in [2.75, 3.05) is 13.2 Å². The number of pyridine rings is 1. The Morgan fingerprint density at radius 3 is 2.63 bits per heavy atom. The number of nitrogens with one attached hydrogen (secondary N) is 1. The van der Waals surface area contributed by atoms with Gasteiger partial charge in [-0.2, -0.15) is 0 Å². The molecule has 1 N–H and O–H groups in total. The summed E-state index contributed by atoms with van der Waals surface area (Å²) >= 11 is 0. The number of ether oxygens (including phenoxy) is 1. The van der Waals surface area contributed by atoms with Gasteiger partial charge in [0.1, 0.15) is 0 Å². The van der Waals surface area contributed by atoms with E-state index in [1.165, 1.54) is 0 Å². The molecule has 1 amide bonds. The quantitative estimate of drug-likeness (QED) is 0.807. The first-order valence-corrected chi connectivity index (χ1v) is 6.23. The third kappa shape index (κ3) is 4.43. The highest BCUT2D eigenvalue weighted by Crippen LogP contribution is 2.03. The highest BCUT2D eigenvalue weighted by molar-refractivity contribution is 5.94. The zero-order valence-electron chi connectivity index (χ0n) is 10.6. The topological polar surface area (TPSA) is 51.2 Å². The number of carbonyl (C=O) groups excluding carboxylic acids is 1. The summed E-state index contributed by atoms with van der Waals surface area (Å²) in [6.45, 7) is 1.12. The lowest BCUT2D eigenvalue weighted by atomic mass is 10.2. The lowest BCUT2D eigenvalue weighted by Gasteiger charge is -2.06. The second kappa shape index (κ2) is 7.16. The normalized spacial score (nSPS) is 9.89. The molecule has 4 heteroatoms. The molecule has 0 saturated carbocycles. The van der Waals surface area contributed by atoms with Gasteiger partial charge in [-0.15, -0.1) is 0 Å². The fraction of sp³-hybridized carbons (Fsp3) is 0.200. The Kier molecular flexibility index (Phi) is 4.93. The largest absolute Gasteiger partial charge is 0.478 e. The first kappa shape index (κ1) is 13.1. The molecule has 1 aromatic heterocycles. The highest BCUT2D eigenvalue weighted by Gasteiger charge is 2.02. The molecule has 0 saturated heterocycles. The Morgan fingerprint density at radius 2 is 1.89 bits per heavy atom. The molecule has 0 aliphatic rings. The van der Waals surface area contributed by atoms with E-state index in [1.54, 1.807) is 18.3 Å². The maximum atomic E-state index is 11.7. The minimum atomic E-state index is -0.0570. The molecule has 0 spiro atoms. The van der Waals surface area contributed by atoms with Crippen LogP contribution in [0, 0.1) is 0 Å². The van der Waals surface area contributed by atoms with E-state index in [0.29, 0.717) is 24.6 Å². The molecule has 0 unspecified atom stereocenters. The van der Waals surface area contributed by atoms with Crippen LogP contribution < -0.4 is 10.1 Å². The van der Waals surface area contributed by atoms with E-state index in [2.05, 4.69) is 10.3 Å². The van der Waals surface area contributed by atoms with Gasteiger partial charge in [0.25, 0.3) is 5.91 Å². The third-order valence-electron chi connectivity index (χ3n) is 2.53. The zero-order valence-corrected chi connectivity index (χ0v) is 10.6. The fourth-order valence-corrected chi connectivity index (χ4v) is 1.57. The number of hydrogen-bond donors (Lipinski definition) is 1. The van der Waals surface area contributed by atoms with E-state index in [4.69, 9.17) is 4.74 Å². The summed E-state index contributed by atoms with van der Waals surface area (Å²) in [7, 11) is 0. The van der Waals surface area contributed by atoms with Crippen LogP contribution in [0.3, 0.4) is 0 Å². The molecule has 2 aromatic rings. The van der Waals surface area contributed by atoms with Crippen LogP contribution in [0.1, 0.15) is 16.8 Å². The number of rotatable bonds is 6. The molecule has 2 rings (SSSR count). The SMILES string of the molecule is O=C(NCCCOc1ccccn1)c1ccccc1. The van der Waals surface area contributed by atoms with Gasteiger partial charge >= 0.3 is 0 Å². The van der Waals surface area contributed by atoms with E-state index >= 15 is 0 Å². The number of hydrogen-bond acceptors (Lipinski definition) is 3. The van der Waals surface area contributed by atoms with Crippen LogP contribution in [0.4, 0.5) is 0 Å². The predicted octanol–water partition coefficient (Wildman–Crippen LogP) is 2.28. The smallest absolute Gasteiger partial charge is 0.251 e. The molecular weight excluding hydrogens is 240 g/mol. The van der Waals surface area contributed by atoms with E-state index in [9.17, 15) is 4.79 Å². The number of carbonyl (C=O) groups is 1. The van der Waals surface area contributed by atoms with Crippen LogP contribution in [0.25, 0.3) is 0 Å². The van der Waals surface area contributed by atoms with E-state index < -0.39 is 0 Å². The molecule has 0 bridgehead atoms. The number of aromatic nitrogens is 1. The van der Waals surface area contributed by atoms with Crippen LogP contribution in [-0.4, -0.2) is 24.0 Å². The lowest BCUT2D eigenvalue weighted by Crippen LogP contribution is -2.25. The Hall–Kier alpha value is -2.36. The highest BCUT2D eigenvalue weighted by atomic mass is 16.5. The lowest BCUT2D eigenvalue weighted by molar-refractivity contribution is 0.0951. The van der Waals surface area contributed by atoms with E-state index in [-0.39, 0.29) is 5.91 Å². The van der Waals surface area contributed by atoms with Gasteiger partial charge in [-0.3, -0.25) is 4.79 Å². The van der Waals surface area contributed by atoms with Crippen LogP contribution in [0.2, 0.25) is 0 Å². The summed E-state index contributed by atoms with van der Waals surface area (Å²) in [5, 5.41) is 2.85. The van der Waals surface area contributed by atoms with Gasteiger partial charge in [-0.05, 0) is 24.6 Å². The van der Waals surface area contributed by atoms with Crippen molar-refractivity contribution in [3.8, 4) is 5.88 Å². The maximum Gasteiger partial charge on any atom is 0.251 e. The van der Waals surface area contributed by atoms with Crippen LogP contribution in [0.5, 0.6) is 5.88 Å². The third-order valence-corrected chi connectivity index (χ3v) is 2.53. The number of nitrogens with zero attached hydrogens (tertiary/aromatic N) is 1. The first-order chi connectivity index (χ1) is 9.36. The van der Waals surface area contributed by atoms with Crippen molar-refractivity contribution in [3.05, 3.63) is 60.3 Å². The Bertz CT molecular complexity index is 500. The van der Waals surface area contributed by atoms with Crippen molar-refractivity contribution in [2.24, 2.45) is 0 Å². The summed E-state index contributed by atoms with van der Waals surface area (Å²) in [6, 6.07) is 14.7. The van der Waals surface area contributed by atoms with Crippen molar-refractivity contribution < 1.29 is 9.53 Å². The fourth-order valence-electron chi connectivity index (χ4n) is 1.57. The van der Waals surface area contributed by atoms with Gasteiger partial charge in [0.05, 0.1) is 6.61 Å². The minimum absolute atomic E-state index is 0.0570. The maximum absolute atomic E-state index is 11.7. The molecule has 0 radical (unpaired) electrons. The molecule has 98 valence electrons. The van der Waals surface area contributed by atoms with Gasteiger partial charge in [0, 0.05) is 24.4 Å². The molecular formula is C15H16N2O2. The van der Waals surface area contributed by atoms with Gasteiger partial charge in [0.2, 0.25) is 5.88 Å². The van der Waals surface area contributed by atoms with Gasteiger partial charge in [-0.25, -0.2) is 4.98 Å². The second-order valence-corrected chi connectivity index (χ2v) is 3.99. The Morgan fingerprint density at radius 1 is 1.11 bits per heavy atom. The van der Waals surface area contributed by atoms with E-state index in [0.717, 1.165) is 6.42 Å². The minimum Gasteiger partial charge on any atom is -0.478 e. The summed E-state index contributed by atoms with van der Waals surface area (Å²) in [4.78, 5) is 15.8. The standard InChI is InChI=1S/C15H16N2O2/c18-15(13-7-2-1-3-8-13)17-11-6-12-19-14-9-4-5-10-16-14/h1-5,7-10H,6,11-12H2,(H,17,18). The van der Waals surface area contributed by atoms with Crippen molar-refractivity contribution in [1.82, 2.24) is 10.3 Å². The summed E-state index contributed by atoms with van der Waals surface area (Å²) < 4.78 is 5.43. The van der Waals surface area contributed by atoms with Crippen molar-refractivity contribution in [1.29, 1.82) is 0 Å². The van der Waals surface area contributed by atoms with Crippen LogP contribution in [0.15, 0.2) is 54.7 Å². The molecule has 0 aliphatic heterocycles. The molecule has 1 aromatic carbocycles. The average Bonchev–Trinajstić information content (AvgIpc) is 2.49. The van der Waals surface area contributed by atoms with E-state index in [1.807, 2.05) is 36.4 Å². The molecule has 4 nitrogen and oxygen atoms in total. The monoisotopic (exact) mass is 256 g/mol. The van der Waals surface area contributed by atoms with Crippen LogP contribution in [-0.2, 0) is 0 Å². The Balaban J connectivity index is 1.63. The second-order valence-electron chi connectivity index (χ2n) is 3.99. The molecule has 19 heavy (non-hydrogen) atoms. The summed E-state index contributed by atoms with van der Waals surface area (Å²) in [6.07, 6.45) is 2.43. The molecule has 0 fully saturated rings. The van der Waals surface area contributed by atoms with Gasteiger partial charge in [-0.1, -0.05) is 24.3 Å². The van der Waals surface area contributed by atoms with Gasteiger partial charge in [0.15, 0.2) is 0 Å². The predicted molar refractivity (Wildman–Crippen MR) is 73.1 cm³/mol.